The van der Waals surface area contributed by atoms with Gasteiger partial charge in [-0.25, -0.2) is 0 Å². The van der Waals surface area contributed by atoms with Crippen LogP contribution in [0.4, 0.5) is 0 Å². The number of hydrogen-bond donors (Lipinski definition) is 3. The van der Waals surface area contributed by atoms with Crippen LogP contribution < -0.4 is 5.73 Å². The van der Waals surface area contributed by atoms with E-state index in [1.807, 2.05) is 0 Å². The van der Waals surface area contributed by atoms with E-state index in [1.165, 1.54) is 6.92 Å². The molecule has 1 atom stereocenters. The minimum absolute atomic E-state index is 0.715. The normalized spacial score (nSPS) is 12.7. The number of carbonyl (C=O) groups is 1. The van der Waals surface area contributed by atoms with Gasteiger partial charge in [-0.15, -0.1) is 0 Å². The fraction of sp³-hybridized carbons (Fsp3) is 0.750. The van der Waals surface area contributed by atoms with E-state index in [0.29, 0.717) is 6.26 Å². The van der Waals surface area contributed by atoms with Gasteiger partial charge in [0.05, 0.1) is 6.26 Å². The Morgan fingerprint density at radius 2 is 1.64 bits per heavy atom. The van der Waals surface area contributed by atoms with Gasteiger partial charge in [-0.3, -0.25) is 9.35 Å². The first-order valence-electron chi connectivity index (χ1n) is 2.55. The molecule has 0 heterocycles. The van der Waals surface area contributed by atoms with Crippen molar-refractivity contribution in [3.63, 3.8) is 0 Å². The van der Waals surface area contributed by atoms with Crippen LogP contribution >= 0.6 is 0 Å². The van der Waals surface area contributed by atoms with E-state index >= 15 is 0 Å². The van der Waals surface area contributed by atoms with Crippen LogP contribution in [-0.4, -0.2) is 36.3 Å². The third-order valence-electron chi connectivity index (χ3n) is 0.390. The maximum absolute atomic E-state index is 9.57. The predicted octanol–water partition coefficient (Wildman–Crippen LogP) is -1.08. The second kappa shape index (κ2) is 5.05. The SMILES string of the molecule is CS(=O)(=O)O.C[C@H](N)C(=O)O. The molecule has 0 aromatic heterocycles. The lowest BCUT2D eigenvalue weighted by molar-refractivity contribution is -0.138. The summed E-state index contributed by atoms with van der Waals surface area (Å²) in [5.41, 5.74) is 4.84. The van der Waals surface area contributed by atoms with Gasteiger partial charge in [-0.2, -0.15) is 8.42 Å². The molecule has 6 nitrogen and oxygen atoms in total. The topological polar surface area (TPSA) is 118 Å². The Labute approximate surface area is 64.8 Å². The molecular weight excluding hydrogens is 174 g/mol. The van der Waals surface area contributed by atoms with Gasteiger partial charge in [0.15, 0.2) is 0 Å². The van der Waals surface area contributed by atoms with E-state index in [4.69, 9.17) is 15.4 Å². The minimum Gasteiger partial charge on any atom is -0.480 e. The van der Waals surface area contributed by atoms with Gasteiger partial charge in [0, 0.05) is 0 Å². The number of carboxylic acid groups (broad SMARTS) is 1. The molecule has 0 radical (unpaired) electrons. The molecule has 0 aliphatic carbocycles. The maximum Gasteiger partial charge on any atom is 0.320 e. The van der Waals surface area contributed by atoms with E-state index in [2.05, 4.69) is 0 Å². The zero-order chi connectivity index (χ0) is 9.65. The van der Waals surface area contributed by atoms with Crippen LogP contribution in [0.15, 0.2) is 0 Å². The van der Waals surface area contributed by atoms with Crippen molar-refractivity contribution in [3.05, 3.63) is 0 Å². The molecule has 68 valence electrons. The Kier molecular flexibility index (Phi) is 5.96. The highest BCUT2D eigenvalue weighted by Crippen LogP contribution is 1.68. The average molecular weight is 185 g/mol. The lowest BCUT2D eigenvalue weighted by atomic mass is 10.4. The van der Waals surface area contributed by atoms with Gasteiger partial charge in [0.25, 0.3) is 10.1 Å². The third-order valence-corrected chi connectivity index (χ3v) is 0.390. The van der Waals surface area contributed by atoms with E-state index < -0.39 is 22.1 Å². The molecule has 0 fully saturated rings. The van der Waals surface area contributed by atoms with Gasteiger partial charge in [-0.05, 0) is 6.92 Å². The summed E-state index contributed by atoms with van der Waals surface area (Å²) < 4.78 is 25.9. The summed E-state index contributed by atoms with van der Waals surface area (Å²) >= 11 is 0. The summed E-state index contributed by atoms with van der Waals surface area (Å²) in [6, 6.07) is -0.731. The highest BCUT2D eigenvalue weighted by molar-refractivity contribution is 7.85. The maximum atomic E-state index is 9.57. The Morgan fingerprint density at radius 3 is 1.64 bits per heavy atom. The Morgan fingerprint density at radius 1 is 1.55 bits per heavy atom. The lowest BCUT2D eigenvalue weighted by Crippen LogP contribution is -2.25. The standard InChI is InChI=1S/C3H7NO2.CH4O3S/c1-2(4)3(5)6;1-5(2,3)4/h2H,4H2,1H3,(H,5,6);1H3,(H,2,3,4)/t2-;/m0./s1. The van der Waals surface area contributed by atoms with E-state index in [1.54, 1.807) is 0 Å². The number of aliphatic carboxylic acids is 1. The summed E-state index contributed by atoms with van der Waals surface area (Å²) in [6.07, 6.45) is 0.715. The molecule has 0 aliphatic heterocycles. The molecule has 0 spiro atoms. The minimum atomic E-state index is -3.67. The van der Waals surface area contributed by atoms with Crippen molar-refractivity contribution in [2.75, 3.05) is 6.26 Å². The molecule has 4 N–H and O–H groups in total. The molecule has 11 heavy (non-hydrogen) atoms. The summed E-state index contributed by atoms with van der Waals surface area (Å²) in [5.74, 6) is -0.963. The molecule has 0 bridgehead atoms. The zero-order valence-corrected chi connectivity index (χ0v) is 7.00. The quantitative estimate of drug-likeness (QED) is 0.447. The van der Waals surface area contributed by atoms with Crippen molar-refractivity contribution >= 4 is 16.1 Å². The summed E-state index contributed by atoms with van der Waals surface area (Å²) in [7, 11) is -3.67. The van der Waals surface area contributed by atoms with Crippen molar-refractivity contribution in [1.29, 1.82) is 0 Å². The molecule has 7 heteroatoms. The monoisotopic (exact) mass is 185 g/mol. The zero-order valence-electron chi connectivity index (χ0n) is 6.18. The fourth-order valence-electron chi connectivity index (χ4n) is 0. The molecule has 0 aromatic rings. The Bertz CT molecular complexity index is 199. The number of nitrogens with two attached hydrogens (primary N) is 1. The molecule has 0 amide bonds. The fourth-order valence-corrected chi connectivity index (χ4v) is 0. The molecule has 0 aliphatic rings. The summed E-state index contributed by atoms with van der Waals surface area (Å²) in [6.45, 7) is 1.42. The first-order valence-corrected chi connectivity index (χ1v) is 4.40. The highest BCUT2D eigenvalue weighted by atomic mass is 32.2. The largest absolute Gasteiger partial charge is 0.480 e. The van der Waals surface area contributed by atoms with Crippen molar-refractivity contribution in [1.82, 2.24) is 0 Å². The molecule has 0 saturated carbocycles. The average Bonchev–Trinajstić information content (AvgIpc) is 1.59. The van der Waals surface area contributed by atoms with Crippen molar-refractivity contribution < 1.29 is 22.9 Å². The van der Waals surface area contributed by atoms with Gasteiger partial charge in [-0.1, -0.05) is 0 Å². The first kappa shape index (κ1) is 13.0. The number of hydrogen-bond acceptors (Lipinski definition) is 4. The smallest absolute Gasteiger partial charge is 0.320 e. The second-order valence-electron chi connectivity index (χ2n) is 1.86. The second-order valence-corrected chi connectivity index (χ2v) is 3.33. The molecule has 0 unspecified atom stereocenters. The predicted molar refractivity (Wildman–Crippen MR) is 38.8 cm³/mol. The summed E-state index contributed by atoms with van der Waals surface area (Å²) in [5, 5.41) is 7.87. The summed E-state index contributed by atoms with van der Waals surface area (Å²) in [4.78, 5) is 9.57. The highest BCUT2D eigenvalue weighted by Gasteiger charge is 1.99. The van der Waals surface area contributed by atoms with Crippen molar-refractivity contribution in [3.8, 4) is 0 Å². The van der Waals surface area contributed by atoms with Crippen molar-refractivity contribution in [2.24, 2.45) is 5.73 Å². The number of rotatable bonds is 1. The van der Waals surface area contributed by atoms with Gasteiger partial charge >= 0.3 is 5.97 Å². The van der Waals surface area contributed by atoms with Crippen molar-refractivity contribution in [2.45, 2.75) is 13.0 Å². The first-order chi connectivity index (χ1) is 4.64. The van der Waals surface area contributed by atoms with Crippen LogP contribution in [0.3, 0.4) is 0 Å². The molecule has 0 aromatic carbocycles. The van der Waals surface area contributed by atoms with Crippen LogP contribution in [0, 0.1) is 0 Å². The van der Waals surface area contributed by atoms with Crippen LogP contribution in [0.25, 0.3) is 0 Å². The molecule has 0 rings (SSSR count). The molecule has 0 saturated heterocycles. The van der Waals surface area contributed by atoms with Crippen LogP contribution in [0.5, 0.6) is 0 Å². The Hall–Kier alpha value is -0.660. The van der Waals surface area contributed by atoms with Crippen LogP contribution in [0.2, 0.25) is 0 Å². The van der Waals surface area contributed by atoms with E-state index in [-0.39, 0.29) is 0 Å². The van der Waals surface area contributed by atoms with Gasteiger partial charge in [0.2, 0.25) is 0 Å². The third kappa shape index (κ3) is 45.1. The van der Waals surface area contributed by atoms with Crippen LogP contribution in [0.1, 0.15) is 6.92 Å². The van der Waals surface area contributed by atoms with Gasteiger partial charge in [0.1, 0.15) is 6.04 Å². The molecular formula is C4H11NO5S. The lowest BCUT2D eigenvalue weighted by Gasteiger charge is -1.90. The van der Waals surface area contributed by atoms with Crippen LogP contribution in [-0.2, 0) is 14.9 Å². The number of carboxylic acids is 1. The van der Waals surface area contributed by atoms with E-state index in [0.717, 1.165) is 0 Å². The Balaban J connectivity index is 0. The van der Waals surface area contributed by atoms with E-state index in [9.17, 15) is 13.2 Å². The van der Waals surface area contributed by atoms with Gasteiger partial charge < -0.3 is 10.8 Å².